The van der Waals surface area contributed by atoms with Gasteiger partial charge in [-0.2, -0.15) is 0 Å². The molecule has 29 heavy (non-hydrogen) atoms. The number of carbonyl (C=O) groups excluding carboxylic acids is 2. The van der Waals surface area contributed by atoms with E-state index in [0.29, 0.717) is 17.7 Å². The fraction of sp³-hybridized carbons (Fsp3) is 0.238. The summed E-state index contributed by atoms with van der Waals surface area (Å²) in [5, 5.41) is 15.7. The third kappa shape index (κ3) is 3.71. The van der Waals surface area contributed by atoms with Gasteiger partial charge >= 0.3 is 0 Å². The van der Waals surface area contributed by atoms with E-state index in [4.69, 9.17) is 0 Å². The van der Waals surface area contributed by atoms with E-state index in [1.54, 1.807) is 0 Å². The van der Waals surface area contributed by atoms with Crippen LogP contribution in [0, 0.1) is 11.6 Å². The standard InChI is InChI=1S/C21H19F2N3O3/c22-14-7-5-11(9-15(14)23)19-13(12-3-1-2-4-16(12)25-19)6-8-18(28)26-20-17(27)10-24-21(20)29/h1-5,7,9,17,20,25,27H,6,8,10H2,(H,24,29)(H,26,28)/t17-,20+/m1/s1. The van der Waals surface area contributed by atoms with Gasteiger partial charge in [0.25, 0.3) is 0 Å². The number of fused-ring (bicyclic) bond motifs is 1. The van der Waals surface area contributed by atoms with E-state index in [0.717, 1.165) is 28.6 Å². The number of para-hydroxylation sites is 1. The number of nitrogens with one attached hydrogen (secondary N) is 3. The summed E-state index contributed by atoms with van der Waals surface area (Å²) in [7, 11) is 0. The van der Waals surface area contributed by atoms with Gasteiger partial charge in [0.1, 0.15) is 12.1 Å². The van der Waals surface area contributed by atoms with Crippen molar-refractivity contribution in [3.63, 3.8) is 0 Å². The van der Waals surface area contributed by atoms with Gasteiger partial charge in [0.15, 0.2) is 11.6 Å². The number of amides is 2. The largest absolute Gasteiger partial charge is 0.389 e. The van der Waals surface area contributed by atoms with E-state index in [2.05, 4.69) is 15.6 Å². The van der Waals surface area contributed by atoms with Crippen LogP contribution in [0.2, 0.25) is 0 Å². The molecule has 0 saturated carbocycles. The Bertz CT molecular complexity index is 1100. The predicted octanol–water partition coefficient (Wildman–Crippen LogP) is 2.02. The minimum absolute atomic E-state index is 0.0645. The smallest absolute Gasteiger partial charge is 0.245 e. The first kappa shape index (κ1) is 19.1. The molecular formula is C21H19F2N3O3. The molecule has 1 fully saturated rings. The lowest BCUT2D eigenvalue weighted by molar-refractivity contribution is -0.128. The quantitative estimate of drug-likeness (QED) is 0.529. The van der Waals surface area contributed by atoms with Crippen molar-refractivity contribution in [1.29, 1.82) is 0 Å². The second-order valence-corrected chi connectivity index (χ2v) is 7.01. The van der Waals surface area contributed by atoms with Crippen molar-refractivity contribution in [3.8, 4) is 11.3 Å². The molecule has 2 heterocycles. The number of aliphatic hydroxyl groups excluding tert-OH is 1. The number of hydrogen-bond donors (Lipinski definition) is 4. The van der Waals surface area contributed by atoms with Crippen LogP contribution in [0.15, 0.2) is 42.5 Å². The molecule has 1 saturated heterocycles. The molecule has 0 aliphatic carbocycles. The molecule has 1 aliphatic rings. The Morgan fingerprint density at radius 2 is 1.97 bits per heavy atom. The zero-order chi connectivity index (χ0) is 20.5. The highest BCUT2D eigenvalue weighted by atomic mass is 19.2. The molecule has 0 unspecified atom stereocenters. The number of rotatable bonds is 5. The summed E-state index contributed by atoms with van der Waals surface area (Å²) >= 11 is 0. The fourth-order valence-corrected chi connectivity index (χ4v) is 3.61. The minimum atomic E-state index is -0.962. The second kappa shape index (κ2) is 7.63. The lowest BCUT2D eigenvalue weighted by atomic mass is 10.0. The highest BCUT2D eigenvalue weighted by Crippen LogP contribution is 2.32. The van der Waals surface area contributed by atoms with Crippen LogP contribution < -0.4 is 10.6 Å². The number of aryl methyl sites for hydroxylation is 1. The number of aromatic nitrogens is 1. The van der Waals surface area contributed by atoms with Crippen molar-refractivity contribution < 1.29 is 23.5 Å². The molecule has 8 heteroatoms. The number of halogens is 2. The van der Waals surface area contributed by atoms with E-state index in [9.17, 15) is 23.5 Å². The van der Waals surface area contributed by atoms with Gasteiger partial charge in [-0.3, -0.25) is 9.59 Å². The molecule has 4 N–H and O–H groups in total. The molecule has 2 atom stereocenters. The van der Waals surface area contributed by atoms with Gasteiger partial charge in [0.05, 0.1) is 0 Å². The van der Waals surface area contributed by atoms with Crippen LogP contribution in [0.3, 0.4) is 0 Å². The van der Waals surface area contributed by atoms with E-state index < -0.39 is 29.7 Å². The number of β-amino-alcohol motifs (C(OH)–C–C–N with tert-alkyl or cyclic N) is 1. The lowest BCUT2D eigenvalue weighted by Gasteiger charge is -2.14. The number of benzene rings is 2. The Morgan fingerprint density at radius 1 is 1.17 bits per heavy atom. The normalized spacial score (nSPS) is 18.8. The first-order valence-corrected chi connectivity index (χ1v) is 9.24. The molecule has 0 spiro atoms. The number of carbonyl (C=O) groups is 2. The summed E-state index contributed by atoms with van der Waals surface area (Å²) in [5.74, 6) is -2.68. The number of hydrogen-bond acceptors (Lipinski definition) is 3. The Balaban J connectivity index is 1.60. The Hall–Kier alpha value is -3.26. The molecular weight excluding hydrogens is 380 g/mol. The Kier molecular flexibility index (Phi) is 5.02. The summed E-state index contributed by atoms with van der Waals surface area (Å²) in [4.78, 5) is 27.2. The molecule has 6 nitrogen and oxygen atoms in total. The molecule has 0 radical (unpaired) electrons. The molecule has 1 aromatic heterocycles. The van der Waals surface area contributed by atoms with Crippen molar-refractivity contribution in [3.05, 3.63) is 59.7 Å². The van der Waals surface area contributed by atoms with Crippen molar-refractivity contribution in [1.82, 2.24) is 15.6 Å². The summed E-state index contributed by atoms with van der Waals surface area (Å²) < 4.78 is 27.1. The minimum Gasteiger partial charge on any atom is -0.389 e. The van der Waals surface area contributed by atoms with Gasteiger partial charge in [0.2, 0.25) is 11.8 Å². The van der Waals surface area contributed by atoms with E-state index in [-0.39, 0.29) is 18.9 Å². The maximum absolute atomic E-state index is 13.8. The van der Waals surface area contributed by atoms with Crippen LogP contribution in [0.25, 0.3) is 22.2 Å². The highest BCUT2D eigenvalue weighted by Gasteiger charge is 2.34. The SMILES string of the molecule is O=C(CCc1c(-c2ccc(F)c(F)c2)[nH]c2ccccc12)N[C@@H]1C(=O)NC[C@H]1O. The third-order valence-corrected chi connectivity index (χ3v) is 5.09. The van der Waals surface area contributed by atoms with Gasteiger partial charge in [-0.15, -0.1) is 0 Å². The van der Waals surface area contributed by atoms with Crippen molar-refractivity contribution in [2.24, 2.45) is 0 Å². The van der Waals surface area contributed by atoms with Gasteiger partial charge in [-0.1, -0.05) is 18.2 Å². The summed E-state index contributed by atoms with van der Waals surface area (Å²) in [6.45, 7) is 0.104. The van der Waals surface area contributed by atoms with Crippen LogP contribution >= 0.6 is 0 Å². The summed E-state index contributed by atoms with van der Waals surface area (Å²) in [6.07, 6.45) is -0.582. The average molecular weight is 399 g/mol. The zero-order valence-corrected chi connectivity index (χ0v) is 15.3. The number of aromatic amines is 1. The Labute approximate surface area is 164 Å². The summed E-state index contributed by atoms with van der Waals surface area (Å²) in [5.41, 5.74) is 2.68. The zero-order valence-electron chi connectivity index (χ0n) is 15.3. The molecule has 2 amide bonds. The van der Waals surface area contributed by atoms with Crippen LogP contribution in [0.4, 0.5) is 8.78 Å². The first-order valence-electron chi connectivity index (χ1n) is 9.24. The predicted molar refractivity (Wildman–Crippen MR) is 103 cm³/mol. The number of aliphatic hydroxyl groups is 1. The fourth-order valence-electron chi connectivity index (χ4n) is 3.61. The molecule has 1 aliphatic heterocycles. The van der Waals surface area contributed by atoms with Crippen molar-refractivity contribution in [2.45, 2.75) is 25.0 Å². The van der Waals surface area contributed by atoms with Gasteiger partial charge in [-0.25, -0.2) is 8.78 Å². The molecule has 2 aromatic carbocycles. The second-order valence-electron chi connectivity index (χ2n) is 7.01. The monoisotopic (exact) mass is 399 g/mol. The average Bonchev–Trinajstić information content (AvgIpc) is 3.23. The lowest BCUT2D eigenvalue weighted by Crippen LogP contribution is -2.45. The first-order chi connectivity index (χ1) is 13.9. The maximum Gasteiger partial charge on any atom is 0.245 e. The molecule has 150 valence electrons. The van der Waals surface area contributed by atoms with E-state index in [1.165, 1.54) is 6.07 Å². The van der Waals surface area contributed by atoms with Crippen LogP contribution in [-0.4, -0.2) is 40.6 Å². The van der Waals surface area contributed by atoms with E-state index in [1.807, 2.05) is 24.3 Å². The number of H-pyrrole nitrogens is 1. The van der Waals surface area contributed by atoms with Gasteiger partial charge in [-0.05, 0) is 36.2 Å². The van der Waals surface area contributed by atoms with Gasteiger partial charge in [0, 0.05) is 35.1 Å². The third-order valence-electron chi connectivity index (χ3n) is 5.09. The molecule has 0 bridgehead atoms. The Morgan fingerprint density at radius 3 is 2.69 bits per heavy atom. The highest BCUT2D eigenvalue weighted by molar-refractivity contribution is 5.92. The maximum atomic E-state index is 13.8. The van der Waals surface area contributed by atoms with Crippen LogP contribution in [-0.2, 0) is 16.0 Å². The van der Waals surface area contributed by atoms with Gasteiger partial charge < -0.3 is 20.7 Å². The van der Waals surface area contributed by atoms with Crippen LogP contribution in [0.5, 0.6) is 0 Å². The summed E-state index contributed by atoms with van der Waals surface area (Å²) in [6, 6.07) is 10.1. The molecule has 3 aromatic rings. The van der Waals surface area contributed by atoms with Crippen LogP contribution in [0.1, 0.15) is 12.0 Å². The topological polar surface area (TPSA) is 94.2 Å². The van der Waals surface area contributed by atoms with E-state index >= 15 is 0 Å². The van der Waals surface area contributed by atoms with Crippen molar-refractivity contribution in [2.75, 3.05) is 6.54 Å². The molecule has 4 rings (SSSR count). The van der Waals surface area contributed by atoms with Crippen molar-refractivity contribution >= 4 is 22.7 Å².